The van der Waals surface area contributed by atoms with E-state index in [0.29, 0.717) is 0 Å². The van der Waals surface area contributed by atoms with Crippen molar-refractivity contribution in [2.45, 2.75) is 19.3 Å². The van der Waals surface area contributed by atoms with Crippen LogP contribution in [-0.4, -0.2) is 36.4 Å². The molecule has 0 aliphatic rings. The molecule has 0 aliphatic heterocycles. The van der Waals surface area contributed by atoms with Crippen molar-refractivity contribution in [2.24, 2.45) is 0 Å². The van der Waals surface area contributed by atoms with Gasteiger partial charge in [0.1, 0.15) is 0 Å². The molecule has 0 amide bonds. The van der Waals surface area contributed by atoms with Crippen molar-refractivity contribution in [3.63, 3.8) is 0 Å². The molecule has 0 unspecified atom stereocenters. The fourth-order valence-electron chi connectivity index (χ4n) is 1.15. The van der Waals surface area contributed by atoms with Crippen LogP contribution in [0, 0.1) is 0 Å². The Morgan fingerprint density at radius 2 is 2.21 bits per heavy atom. The quantitative estimate of drug-likeness (QED) is 0.701. The molecule has 80 valence electrons. The van der Waals surface area contributed by atoms with E-state index in [1.165, 1.54) is 10.7 Å². The first-order valence-electron chi connectivity index (χ1n) is 4.86. The van der Waals surface area contributed by atoms with Crippen LogP contribution in [0.25, 0.3) is 0 Å². The summed E-state index contributed by atoms with van der Waals surface area (Å²) in [5.41, 5.74) is 1.20. The van der Waals surface area contributed by atoms with Crippen molar-refractivity contribution in [1.29, 1.82) is 0 Å². The molecule has 1 aromatic heterocycles. The van der Waals surface area contributed by atoms with E-state index >= 15 is 0 Å². The van der Waals surface area contributed by atoms with Crippen molar-refractivity contribution in [3.05, 3.63) is 16.1 Å². The Morgan fingerprint density at radius 1 is 1.43 bits per heavy atom. The van der Waals surface area contributed by atoms with Crippen LogP contribution in [0.2, 0.25) is 0 Å². The smallest absolute Gasteiger partial charge is 0.0941 e. The number of alkyl halides is 1. The fourth-order valence-corrected chi connectivity index (χ4v) is 2.10. The van der Waals surface area contributed by atoms with Crippen molar-refractivity contribution in [3.8, 4) is 0 Å². The van der Waals surface area contributed by atoms with Crippen LogP contribution < -0.4 is 0 Å². The first-order chi connectivity index (χ1) is 6.72. The van der Waals surface area contributed by atoms with Gasteiger partial charge in [-0.05, 0) is 26.9 Å². The second-order valence-electron chi connectivity index (χ2n) is 3.58. The second kappa shape index (κ2) is 6.38. The first kappa shape index (κ1) is 12.0. The summed E-state index contributed by atoms with van der Waals surface area (Å²) >= 11 is 7.39. The average Bonchev–Trinajstić information content (AvgIpc) is 2.59. The van der Waals surface area contributed by atoms with Crippen LogP contribution in [-0.2, 0) is 12.8 Å². The largest absolute Gasteiger partial charge is 0.309 e. The predicted octanol–water partition coefficient (Wildman–Crippen LogP) is 2.42. The summed E-state index contributed by atoms with van der Waals surface area (Å²) < 4.78 is 0. The number of nitrogens with zero attached hydrogens (tertiary/aromatic N) is 2. The Hall–Kier alpha value is -0.120. The number of hydrogen-bond donors (Lipinski definition) is 0. The minimum Gasteiger partial charge on any atom is -0.309 e. The summed E-state index contributed by atoms with van der Waals surface area (Å²) in [6, 6.07) is 0. The van der Waals surface area contributed by atoms with Crippen molar-refractivity contribution < 1.29 is 0 Å². The molecule has 0 radical (unpaired) electrons. The maximum atomic E-state index is 5.63. The van der Waals surface area contributed by atoms with E-state index < -0.39 is 0 Å². The standard InChI is InChI=1S/C10H17ClN2S/c1-13(2)7-5-10-12-9(8-14-10)4-3-6-11/h8H,3-7H2,1-2H3. The Bertz CT molecular complexity index is 260. The second-order valence-corrected chi connectivity index (χ2v) is 4.90. The van der Waals surface area contributed by atoms with E-state index in [2.05, 4.69) is 29.4 Å². The molecule has 1 rings (SSSR count). The number of aryl methyl sites for hydroxylation is 1. The molecule has 0 aromatic carbocycles. The van der Waals surface area contributed by atoms with Gasteiger partial charge in [-0.1, -0.05) is 0 Å². The van der Waals surface area contributed by atoms with Crippen molar-refractivity contribution in [1.82, 2.24) is 9.88 Å². The van der Waals surface area contributed by atoms with Gasteiger partial charge in [0.05, 0.1) is 10.7 Å². The number of thiazole rings is 1. The third kappa shape index (κ3) is 4.40. The van der Waals surface area contributed by atoms with Crippen LogP contribution in [0.1, 0.15) is 17.1 Å². The number of aromatic nitrogens is 1. The summed E-state index contributed by atoms with van der Waals surface area (Å²) in [6.07, 6.45) is 3.10. The topological polar surface area (TPSA) is 16.1 Å². The lowest BCUT2D eigenvalue weighted by Crippen LogP contribution is -2.14. The fraction of sp³-hybridized carbons (Fsp3) is 0.700. The Kier molecular flexibility index (Phi) is 5.45. The number of halogens is 1. The van der Waals surface area contributed by atoms with Gasteiger partial charge in [0, 0.05) is 24.2 Å². The molecule has 0 bridgehead atoms. The molecule has 2 nitrogen and oxygen atoms in total. The maximum Gasteiger partial charge on any atom is 0.0941 e. The van der Waals surface area contributed by atoms with Crippen LogP contribution in [0.15, 0.2) is 5.38 Å². The number of rotatable bonds is 6. The third-order valence-corrected chi connectivity index (χ3v) is 3.16. The molecule has 0 spiro atoms. The van der Waals surface area contributed by atoms with Gasteiger partial charge in [0.15, 0.2) is 0 Å². The van der Waals surface area contributed by atoms with Gasteiger partial charge in [-0.2, -0.15) is 0 Å². The van der Waals surface area contributed by atoms with Gasteiger partial charge in [-0.15, -0.1) is 22.9 Å². The summed E-state index contributed by atoms with van der Waals surface area (Å²) in [7, 11) is 4.17. The normalized spacial score (nSPS) is 11.1. The lowest BCUT2D eigenvalue weighted by Gasteiger charge is -2.06. The van der Waals surface area contributed by atoms with Gasteiger partial charge in [0.2, 0.25) is 0 Å². The predicted molar refractivity (Wildman–Crippen MR) is 63.4 cm³/mol. The molecule has 4 heteroatoms. The van der Waals surface area contributed by atoms with Crippen LogP contribution in [0.3, 0.4) is 0 Å². The highest BCUT2D eigenvalue weighted by Gasteiger charge is 2.02. The van der Waals surface area contributed by atoms with E-state index in [4.69, 9.17) is 11.6 Å². The maximum absolute atomic E-state index is 5.63. The molecule has 0 aliphatic carbocycles. The van der Waals surface area contributed by atoms with Gasteiger partial charge in [-0.25, -0.2) is 4.98 Å². The minimum atomic E-state index is 0.727. The van der Waals surface area contributed by atoms with Gasteiger partial charge < -0.3 is 4.90 Å². The SMILES string of the molecule is CN(C)CCc1nc(CCCCl)cs1. The van der Waals surface area contributed by atoms with Crippen LogP contribution in [0.5, 0.6) is 0 Å². The summed E-state index contributed by atoms with van der Waals surface area (Å²) in [6.45, 7) is 1.07. The molecule has 14 heavy (non-hydrogen) atoms. The van der Waals surface area contributed by atoms with Gasteiger partial charge in [-0.3, -0.25) is 0 Å². The summed E-state index contributed by atoms with van der Waals surface area (Å²) in [5.74, 6) is 0.727. The lowest BCUT2D eigenvalue weighted by molar-refractivity contribution is 0.413. The monoisotopic (exact) mass is 232 g/mol. The molecule has 1 aromatic rings. The molecule has 0 saturated heterocycles. The Balaban J connectivity index is 2.35. The van der Waals surface area contributed by atoms with Crippen LogP contribution >= 0.6 is 22.9 Å². The zero-order chi connectivity index (χ0) is 10.4. The molecule has 0 fully saturated rings. The average molecular weight is 233 g/mol. The van der Waals surface area contributed by atoms with E-state index in [-0.39, 0.29) is 0 Å². The summed E-state index contributed by atoms with van der Waals surface area (Å²) in [5, 5.41) is 3.39. The molecule has 0 saturated carbocycles. The van der Waals surface area contributed by atoms with E-state index in [9.17, 15) is 0 Å². The highest BCUT2D eigenvalue weighted by atomic mass is 35.5. The molecule has 1 heterocycles. The Labute approximate surface area is 94.9 Å². The lowest BCUT2D eigenvalue weighted by atomic mass is 10.3. The molecule has 0 N–H and O–H groups in total. The zero-order valence-corrected chi connectivity index (χ0v) is 10.4. The first-order valence-corrected chi connectivity index (χ1v) is 6.27. The van der Waals surface area contributed by atoms with Crippen molar-refractivity contribution in [2.75, 3.05) is 26.5 Å². The van der Waals surface area contributed by atoms with Crippen molar-refractivity contribution >= 4 is 22.9 Å². The minimum absolute atomic E-state index is 0.727. The van der Waals surface area contributed by atoms with E-state index in [1.807, 2.05) is 0 Å². The molecular formula is C10H17ClN2S. The van der Waals surface area contributed by atoms with Crippen LogP contribution in [0.4, 0.5) is 0 Å². The molecular weight excluding hydrogens is 216 g/mol. The highest BCUT2D eigenvalue weighted by molar-refractivity contribution is 7.09. The number of hydrogen-bond acceptors (Lipinski definition) is 3. The highest BCUT2D eigenvalue weighted by Crippen LogP contribution is 2.12. The Morgan fingerprint density at radius 3 is 2.86 bits per heavy atom. The van der Waals surface area contributed by atoms with Gasteiger partial charge >= 0.3 is 0 Å². The zero-order valence-electron chi connectivity index (χ0n) is 8.79. The van der Waals surface area contributed by atoms with E-state index in [0.717, 1.165) is 31.7 Å². The number of likely N-dealkylation sites (N-methyl/N-ethyl adjacent to an activating group) is 1. The molecule has 0 atom stereocenters. The summed E-state index contributed by atoms with van der Waals surface area (Å²) in [4.78, 5) is 6.73. The van der Waals surface area contributed by atoms with E-state index in [1.54, 1.807) is 11.3 Å². The van der Waals surface area contributed by atoms with Gasteiger partial charge in [0.25, 0.3) is 0 Å². The third-order valence-electron chi connectivity index (χ3n) is 1.94.